The number of benzene rings is 5. The van der Waals surface area contributed by atoms with Crippen LogP contribution in [0.15, 0.2) is 155 Å². The van der Waals surface area contributed by atoms with E-state index in [1.807, 2.05) is 30.6 Å². The first kappa shape index (κ1) is 29.5. The first-order chi connectivity index (χ1) is 26.2. The molecule has 0 spiro atoms. The topological polar surface area (TPSA) is 61.9 Å². The molecular weight excluding hydrogens is 653 g/mol. The van der Waals surface area contributed by atoms with Crippen LogP contribution >= 0.6 is 0 Å². The van der Waals surface area contributed by atoms with E-state index in [1.54, 1.807) is 12.4 Å². The van der Waals surface area contributed by atoms with E-state index in [1.165, 1.54) is 10.8 Å². The molecule has 0 saturated carbocycles. The minimum absolute atomic E-state index is 0.833. The van der Waals surface area contributed by atoms with E-state index in [-0.39, 0.29) is 0 Å². The number of rotatable bonds is 5. The summed E-state index contributed by atoms with van der Waals surface area (Å²) in [5.41, 5.74) is 13.4. The molecule has 53 heavy (non-hydrogen) atoms. The van der Waals surface area contributed by atoms with E-state index in [4.69, 9.17) is 8.83 Å². The Labute approximate surface area is 303 Å². The van der Waals surface area contributed by atoms with Crippen molar-refractivity contribution in [2.45, 2.75) is 6.92 Å². The lowest BCUT2D eigenvalue weighted by molar-refractivity contribution is 0.668. The molecule has 0 fully saturated rings. The average Bonchev–Trinajstić information content (AvgIpc) is 3.94. The third-order valence-electron chi connectivity index (χ3n) is 10.6. The van der Waals surface area contributed by atoms with Crippen LogP contribution in [0, 0.1) is 0 Å². The summed E-state index contributed by atoms with van der Waals surface area (Å²) in [6.07, 6.45) is 13.5. The van der Waals surface area contributed by atoms with Crippen molar-refractivity contribution in [1.29, 1.82) is 0 Å². The highest BCUT2D eigenvalue weighted by molar-refractivity contribution is 6.12. The van der Waals surface area contributed by atoms with Crippen molar-refractivity contribution in [3.05, 3.63) is 158 Å². The third kappa shape index (κ3) is 4.26. The molecule has 6 nitrogen and oxygen atoms in total. The number of pyridine rings is 2. The molecule has 6 aromatic heterocycles. The normalized spacial score (nSPS) is 12.2. The average molecular weight is 683 g/mol. The van der Waals surface area contributed by atoms with E-state index in [2.05, 4.69) is 142 Å². The maximum absolute atomic E-state index is 6.13. The molecule has 0 amide bonds. The monoisotopic (exact) mass is 682 g/mol. The summed E-state index contributed by atoms with van der Waals surface area (Å²) in [5.74, 6) is 0. The Kier molecular flexibility index (Phi) is 6.22. The van der Waals surface area contributed by atoms with E-state index in [0.29, 0.717) is 0 Å². The summed E-state index contributed by atoms with van der Waals surface area (Å²) in [7, 11) is 0. The van der Waals surface area contributed by atoms with Gasteiger partial charge >= 0.3 is 0 Å². The molecule has 11 rings (SSSR count). The Morgan fingerprint density at radius 2 is 1.09 bits per heavy atom. The van der Waals surface area contributed by atoms with E-state index < -0.39 is 0 Å². The van der Waals surface area contributed by atoms with Crippen molar-refractivity contribution in [3.8, 4) is 22.5 Å². The number of hydrogen-bond donors (Lipinski definition) is 0. The van der Waals surface area contributed by atoms with Gasteiger partial charge in [-0.3, -0.25) is 9.97 Å². The van der Waals surface area contributed by atoms with Gasteiger partial charge in [-0.2, -0.15) is 0 Å². The highest BCUT2D eigenvalue weighted by Gasteiger charge is 2.19. The predicted octanol–water partition coefficient (Wildman–Crippen LogP) is 12.7. The molecule has 0 aliphatic rings. The van der Waals surface area contributed by atoms with Crippen LogP contribution in [-0.2, 0) is 0 Å². The van der Waals surface area contributed by atoms with Crippen LogP contribution in [0.5, 0.6) is 0 Å². The van der Waals surface area contributed by atoms with Crippen LogP contribution in [0.4, 0.5) is 0 Å². The standard InChI is InChI=1S/C47H30N4O2/c1-3-7-40-32(4-2)34-22-28(10-14-42(34)50(40)30-12-16-44-36(24-30)38-26-48-20-18-46(38)52-44)29-11-15-43-35(23-29)33-8-5-6-9-41(33)51(43)31-13-17-45-37(25-31)39-27-49-21-19-47(39)53-45/h3-27H,2H2,1H3/b7-3-. The summed E-state index contributed by atoms with van der Waals surface area (Å²) in [6, 6.07) is 38.8. The maximum Gasteiger partial charge on any atom is 0.138 e. The van der Waals surface area contributed by atoms with Gasteiger partial charge in [0.05, 0.1) is 22.2 Å². The van der Waals surface area contributed by atoms with Gasteiger partial charge in [0, 0.05) is 79.4 Å². The van der Waals surface area contributed by atoms with Crippen molar-refractivity contribution in [2.24, 2.45) is 0 Å². The van der Waals surface area contributed by atoms with Gasteiger partial charge in [-0.25, -0.2) is 0 Å². The van der Waals surface area contributed by atoms with E-state index in [0.717, 1.165) is 99.6 Å². The largest absolute Gasteiger partial charge is 0.456 e. The third-order valence-corrected chi connectivity index (χ3v) is 10.6. The lowest BCUT2D eigenvalue weighted by Crippen LogP contribution is -1.97. The number of nitrogens with zero attached hydrogens (tertiary/aromatic N) is 4. The molecule has 11 aromatic rings. The number of para-hydroxylation sites is 1. The Morgan fingerprint density at radius 1 is 0.528 bits per heavy atom. The molecule has 0 saturated heterocycles. The zero-order valence-electron chi connectivity index (χ0n) is 28.7. The molecule has 6 heterocycles. The molecule has 250 valence electrons. The number of allylic oxidation sites excluding steroid dienone is 1. The molecule has 0 N–H and O–H groups in total. The van der Waals surface area contributed by atoms with Crippen molar-refractivity contribution in [1.82, 2.24) is 19.1 Å². The summed E-state index contributed by atoms with van der Waals surface area (Å²) in [6.45, 7) is 6.32. The Bertz CT molecular complexity index is 3330. The lowest BCUT2D eigenvalue weighted by atomic mass is 10.00. The summed E-state index contributed by atoms with van der Waals surface area (Å²) in [5, 5.41) is 7.65. The predicted molar refractivity (Wildman–Crippen MR) is 218 cm³/mol. The van der Waals surface area contributed by atoms with Crippen molar-refractivity contribution < 1.29 is 8.83 Å². The highest BCUT2D eigenvalue weighted by Crippen LogP contribution is 2.40. The van der Waals surface area contributed by atoms with Crippen LogP contribution in [0.3, 0.4) is 0 Å². The first-order valence-corrected chi connectivity index (χ1v) is 17.7. The smallest absolute Gasteiger partial charge is 0.138 e. The van der Waals surface area contributed by atoms with Crippen molar-refractivity contribution >= 4 is 88.7 Å². The molecule has 0 aliphatic heterocycles. The fraction of sp³-hybridized carbons (Fsp3) is 0.0213. The van der Waals surface area contributed by atoms with Gasteiger partial charge in [0.15, 0.2) is 0 Å². The zero-order valence-corrected chi connectivity index (χ0v) is 28.7. The SMILES string of the molecule is C=Cc1c(/C=C\C)n(-c2ccc3oc4ccncc4c3c2)c2ccc(-c3ccc4c(c3)c3ccccc3n4-c3ccc4oc5ccncc5c4c3)cc12. The molecule has 0 bridgehead atoms. The van der Waals surface area contributed by atoms with Crippen LogP contribution in [0.25, 0.3) is 111 Å². The second kappa shape index (κ2) is 11.2. The van der Waals surface area contributed by atoms with Gasteiger partial charge in [0.1, 0.15) is 22.3 Å². The summed E-state index contributed by atoms with van der Waals surface area (Å²) >= 11 is 0. The molecule has 0 aliphatic carbocycles. The number of aromatic nitrogens is 4. The Hall–Kier alpha value is -7.18. The number of fused-ring (bicyclic) bond motifs is 10. The van der Waals surface area contributed by atoms with Gasteiger partial charge in [0.2, 0.25) is 0 Å². The van der Waals surface area contributed by atoms with E-state index >= 15 is 0 Å². The molecule has 0 radical (unpaired) electrons. The van der Waals surface area contributed by atoms with Crippen molar-refractivity contribution in [2.75, 3.05) is 0 Å². The lowest BCUT2D eigenvalue weighted by Gasteiger charge is -2.10. The van der Waals surface area contributed by atoms with Gasteiger partial charge in [0.25, 0.3) is 0 Å². The summed E-state index contributed by atoms with van der Waals surface area (Å²) < 4.78 is 16.9. The Morgan fingerprint density at radius 3 is 1.74 bits per heavy atom. The Balaban J connectivity index is 1.09. The molecule has 0 atom stereocenters. The molecule has 5 aromatic carbocycles. The van der Waals surface area contributed by atoms with Gasteiger partial charge < -0.3 is 18.0 Å². The van der Waals surface area contributed by atoms with Crippen LogP contribution in [0.1, 0.15) is 18.2 Å². The first-order valence-electron chi connectivity index (χ1n) is 17.7. The van der Waals surface area contributed by atoms with E-state index in [9.17, 15) is 0 Å². The van der Waals surface area contributed by atoms with Crippen LogP contribution in [0.2, 0.25) is 0 Å². The maximum atomic E-state index is 6.13. The fourth-order valence-corrected chi connectivity index (χ4v) is 8.26. The number of furan rings is 2. The second-order valence-corrected chi connectivity index (χ2v) is 13.5. The molecular formula is C47H30N4O2. The molecule has 0 unspecified atom stereocenters. The number of hydrogen-bond acceptors (Lipinski definition) is 4. The van der Waals surface area contributed by atoms with Gasteiger partial charge in [-0.05, 0) is 103 Å². The molecule has 6 heteroatoms. The highest BCUT2D eigenvalue weighted by atomic mass is 16.3. The second-order valence-electron chi connectivity index (χ2n) is 13.5. The minimum atomic E-state index is 0.833. The van der Waals surface area contributed by atoms with Crippen molar-refractivity contribution in [3.63, 3.8) is 0 Å². The minimum Gasteiger partial charge on any atom is -0.456 e. The van der Waals surface area contributed by atoms with Crippen LogP contribution < -0.4 is 0 Å². The quantitative estimate of drug-likeness (QED) is 0.181. The summed E-state index contributed by atoms with van der Waals surface area (Å²) in [4.78, 5) is 8.73. The van der Waals surface area contributed by atoms with Crippen LogP contribution in [-0.4, -0.2) is 19.1 Å². The van der Waals surface area contributed by atoms with Gasteiger partial charge in [-0.15, -0.1) is 0 Å². The zero-order chi connectivity index (χ0) is 35.2. The fourth-order valence-electron chi connectivity index (χ4n) is 8.26. The van der Waals surface area contributed by atoms with Gasteiger partial charge in [-0.1, -0.05) is 49.1 Å².